The molecule has 2 amide bonds. The smallest absolute Gasteiger partial charge is 0.435 e. The molecular weight excluding hydrogens is 633 g/mol. The number of alkyl halides is 3. The molecular formula is C31H35F3N10O4. The summed E-state index contributed by atoms with van der Waals surface area (Å²) in [5.74, 6) is 0.0406. The number of nitrogens with one attached hydrogen (secondary N) is 3. The van der Waals surface area contributed by atoms with Crippen molar-refractivity contribution in [3.63, 3.8) is 0 Å². The Morgan fingerprint density at radius 3 is 2.62 bits per heavy atom. The number of nitrogens with two attached hydrogens (primary N) is 1. The molecule has 14 nitrogen and oxygen atoms in total. The summed E-state index contributed by atoms with van der Waals surface area (Å²) in [5.41, 5.74) is 6.86. The maximum atomic E-state index is 13.8. The van der Waals surface area contributed by atoms with Crippen LogP contribution in [-0.2, 0) is 28.7 Å². The van der Waals surface area contributed by atoms with Crippen molar-refractivity contribution in [2.24, 2.45) is 11.7 Å². The number of fused-ring (bicyclic) bond motifs is 1. The molecule has 0 saturated heterocycles. The number of carboxylic acid groups (broad SMARTS) is 1. The van der Waals surface area contributed by atoms with Gasteiger partial charge >= 0.3 is 6.18 Å². The second-order valence-corrected chi connectivity index (χ2v) is 11.0. The molecule has 5 rings (SSSR count). The zero-order chi connectivity index (χ0) is 34.8. The van der Waals surface area contributed by atoms with Gasteiger partial charge in [0.25, 0.3) is 12.4 Å². The van der Waals surface area contributed by atoms with Crippen molar-refractivity contribution >= 4 is 35.4 Å². The van der Waals surface area contributed by atoms with Gasteiger partial charge in [0.2, 0.25) is 5.91 Å². The number of aromatic nitrogens is 5. The zero-order valence-electron chi connectivity index (χ0n) is 26.0. The third-order valence-corrected chi connectivity index (χ3v) is 7.74. The molecule has 4 aromatic rings. The van der Waals surface area contributed by atoms with E-state index < -0.39 is 11.9 Å². The van der Waals surface area contributed by atoms with Gasteiger partial charge in [-0.25, -0.2) is 9.97 Å². The van der Waals surface area contributed by atoms with Gasteiger partial charge in [0.15, 0.2) is 17.2 Å². The molecule has 6 N–H and O–H groups in total. The summed E-state index contributed by atoms with van der Waals surface area (Å²) in [5, 5.41) is 28.4. The van der Waals surface area contributed by atoms with Crippen LogP contribution in [0.5, 0.6) is 0 Å². The first-order valence-corrected chi connectivity index (χ1v) is 15.1. The van der Waals surface area contributed by atoms with Crippen LogP contribution in [0, 0.1) is 17.2 Å². The average Bonchev–Trinajstić information content (AvgIpc) is 3.80. The molecule has 1 fully saturated rings. The van der Waals surface area contributed by atoms with Gasteiger partial charge in [-0.1, -0.05) is 6.92 Å². The fraction of sp³-hybridized carbons (Fsp3) is 0.387. The van der Waals surface area contributed by atoms with E-state index in [1.807, 2.05) is 13.0 Å². The molecule has 0 bridgehead atoms. The van der Waals surface area contributed by atoms with Crippen molar-refractivity contribution in [1.29, 1.82) is 5.26 Å². The standard InChI is InChI=1S/C30H33F3N10O2.CH2O2/c1-2-18-15-21(6-7-22(18)29(45)38-10-3-9-37-28(44)19-4-5-20(35)14-19)40-26-27-39-16-24(43(27)13-11-36-26)23-17-42(12-8-34)41-25(23)30(31,32)33;2-1-3/h6-7,11,13,15-17,19-20H,2-5,9-10,12,14,35H2,1H3,(H,36,40)(H,37,44)(H,38,45);1H,(H,2,3)/t19-,20+;/m0./s1. The number of hydrogen-bond acceptors (Lipinski definition) is 9. The van der Waals surface area contributed by atoms with Crippen LogP contribution in [0.4, 0.5) is 24.7 Å². The Morgan fingerprint density at radius 1 is 1.21 bits per heavy atom. The number of benzene rings is 1. The number of rotatable bonds is 11. The number of imidazole rings is 1. The lowest BCUT2D eigenvalue weighted by atomic mass is 10.0. The highest BCUT2D eigenvalue weighted by atomic mass is 19.4. The van der Waals surface area contributed by atoms with Crippen LogP contribution in [0.2, 0.25) is 0 Å². The number of anilines is 2. The van der Waals surface area contributed by atoms with Gasteiger partial charge < -0.3 is 26.8 Å². The summed E-state index contributed by atoms with van der Waals surface area (Å²) in [7, 11) is 0. The Hall–Kier alpha value is -5.50. The molecule has 1 aromatic carbocycles. The molecule has 48 heavy (non-hydrogen) atoms. The van der Waals surface area contributed by atoms with Crippen LogP contribution in [0.25, 0.3) is 16.9 Å². The molecule has 0 unspecified atom stereocenters. The highest BCUT2D eigenvalue weighted by Crippen LogP contribution is 2.37. The summed E-state index contributed by atoms with van der Waals surface area (Å²) in [6.45, 7) is 2.19. The fourth-order valence-electron chi connectivity index (χ4n) is 5.50. The van der Waals surface area contributed by atoms with Gasteiger partial charge in [0.1, 0.15) is 6.54 Å². The first-order chi connectivity index (χ1) is 23.0. The second kappa shape index (κ2) is 15.9. The number of halogens is 3. The van der Waals surface area contributed by atoms with Crippen LogP contribution >= 0.6 is 0 Å². The minimum Gasteiger partial charge on any atom is -0.483 e. The molecule has 3 heterocycles. The number of aryl methyl sites for hydroxylation is 1. The van der Waals surface area contributed by atoms with Crippen LogP contribution in [-0.4, -0.2) is 66.7 Å². The topological polar surface area (TPSA) is 205 Å². The van der Waals surface area contributed by atoms with Crippen molar-refractivity contribution < 1.29 is 32.7 Å². The monoisotopic (exact) mass is 668 g/mol. The van der Waals surface area contributed by atoms with Crippen molar-refractivity contribution in [3.8, 4) is 17.3 Å². The van der Waals surface area contributed by atoms with Gasteiger partial charge in [0, 0.05) is 54.9 Å². The maximum Gasteiger partial charge on any atom is 0.435 e. The average molecular weight is 669 g/mol. The first-order valence-electron chi connectivity index (χ1n) is 15.1. The Morgan fingerprint density at radius 2 is 1.96 bits per heavy atom. The Labute approximate surface area is 273 Å². The SMILES string of the molecule is CCc1cc(Nc2nccn3c(-c4cn(CC#N)nc4C(F)(F)F)cnc23)ccc1C(=O)NCCCNC(=O)[C@H]1CC[C@@H](N)C1.O=CO. The van der Waals surface area contributed by atoms with E-state index in [4.69, 9.17) is 20.9 Å². The van der Waals surface area contributed by atoms with Crippen LogP contribution in [0.15, 0.2) is 43.0 Å². The van der Waals surface area contributed by atoms with Gasteiger partial charge in [-0.05, 0) is 55.9 Å². The van der Waals surface area contributed by atoms with E-state index >= 15 is 0 Å². The third kappa shape index (κ3) is 8.45. The van der Waals surface area contributed by atoms with Crippen molar-refractivity contribution in [1.82, 2.24) is 34.8 Å². The van der Waals surface area contributed by atoms with Gasteiger partial charge in [-0.15, -0.1) is 0 Å². The molecule has 17 heteroatoms. The molecule has 1 aliphatic carbocycles. The first kappa shape index (κ1) is 35.4. The number of carbonyl (C=O) groups is 3. The molecule has 0 aliphatic heterocycles. The number of amides is 2. The number of nitriles is 1. The summed E-state index contributed by atoms with van der Waals surface area (Å²) in [6, 6.07) is 7.09. The fourth-order valence-corrected chi connectivity index (χ4v) is 5.50. The Balaban J connectivity index is 0.00000167. The lowest BCUT2D eigenvalue weighted by molar-refractivity contribution is -0.141. The van der Waals surface area contributed by atoms with Gasteiger partial charge in [-0.3, -0.25) is 23.5 Å². The van der Waals surface area contributed by atoms with E-state index in [-0.39, 0.29) is 53.7 Å². The summed E-state index contributed by atoms with van der Waals surface area (Å²) >= 11 is 0. The van der Waals surface area contributed by atoms with Gasteiger partial charge in [-0.2, -0.15) is 23.5 Å². The maximum absolute atomic E-state index is 13.8. The van der Waals surface area contributed by atoms with Crippen LogP contribution in [0.3, 0.4) is 0 Å². The largest absolute Gasteiger partial charge is 0.483 e. The molecule has 254 valence electrons. The predicted molar refractivity (Wildman–Crippen MR) is 168 cm³/mol. The van der Waals surface area contributed by atoms with E-state index in [1.54, 1.807) is 18.2 Å². The normalized spacial score (nSPS) is 15.7. The minimum atomic E-state index is -4.74. The highest BCUT2D eigenvalue weighted by Gasteiger charge is 2.38. The Kier molecular flexibility index (Phi) is 11.7. The second-order valence-electron chi connectivity index (χ2n) is 11.0. The summed E-state index contributed by atoms with van der Waals surface area (Å²) < 4.78 is 43.7. The third-order valence-electron chi connectivity index (χ3n) is 7.74. The van der Waals surface area contributed by atoms with Crippen molar-refractivity contribution in [2.45, 2.75) is 57.8 Å². The summed E-state index contributed by atoms with van der Waals surface area (Å²) in [4.78, 5) is 42.2. The molecule has 3 aromatic heterocycles. The summed E-state index contributed by atoms with van der Waals surface area (Å²) in [6.07, 6.45) is 4.19. The van der Waals surface area contributed by atoms with Crippen LogP contribution < -0.4 is 21.7 Å². The van der Waals surface area contributed by atoms with Crippen molar-refractivity contribution in [2.75, 3.05) is 18.4 Å². The van der Waals surface area contributed by atoms with E-state index in [2.05, 4.69) is 31.0 Å². The number of hydrogen-bond donors (Lipinski definition) is 5. The predicted octanol–water partition coefficient (Wildman–Crippen LogP) is 3.51. The van der Waals surface area contributed by atoms with E-state index in [9.17, 15) is 22.8 Å². The van der Waals surface area contributed by atoms with Gasteiger partial charge in [0.05, 0.1) is 23.5 Å². The molecule has 1 aliphatic rings. The molecule has 2 atom stereocenters. The van der Waals surface area contributed by atoms with Crippen LogP contribution in [0.1, 0.15) is 54.2 Å². The Bertz CT molecular complexity index is 1800. The van der Waals surface area contributed by atoms with E-state index in [0.717, 1.165) is 23.1 Å². The quantitative estimate of drug-likeness (QED) is 0.116. The molecule has 1 saturated carbocycles. The van der Waals surface area contributed by atoms with Crippen molar-refractivity contribution in [3.05, 3.63) is 59.8 Å². The van der Waals surface area contributed by atoms with E-state index in [0.29, 0.717) is 49.4 Å². The zero-order valence-corrected chi connectivity index (χ0v) is 26.0. The number of nitrogens with zero attached hydrogens (tertiary/aromatic N) is 6. The lowest BCUT2D eigenvalue weighted by Crippen LogP contribution is -2.33. The number of carbonyl (C=O) groups excluding carboxylic acids is 2. The minimum absolute atomic E-state index is 0.0140. The lowest BCUT2D eigenvalue weighted by Gasteiger charge is -2.13. The molecule has 0 radical (unpaired) electrons. The molecule has 0 spiro atoms. The van der Waals surface area contributed by atoms with E-state index in [1.165, 1.54) is 29.2 Å². The highest BCUT2D eigenvalue weighted by molar-refractivity contribution is 5.96.